The van der Waals surface area contributed by atoms with E-state index < -0.39 is 22.8 Å². The van der Waals surface area contributed by atoms with E-state index in [0.717, 1.165) is 10.5 Å². The lowest BCUT2D eigenvalue weighted by molar-refractivity contribution is -0.384. The summed E-state index contributed by atoms with van der Waals surface area (Å²) in [6.07, 6.45) is 1.34. The number of imide groups is 2. The molecule has 1 fully saturated rings. The number of barbiturate groups is 1. The van der Waals surface area contributed by atoms with Crippen LogP contribution in [-0.2, 0) is 16.2 Å². The van der Waals surface area contributed by atoms with Gasteiger partial charge < -0.3 is 9.84 Å². The Hall–Kier alpha value is -4.99. The molecule has 0 unspecified atom stereocenters. The number of anilines is 1. The van der Waals surface area contributed by atoms with Gasteiger partial charge in [-0.2, -0.15) is 0 Å². The Labute approximate surface area is 192 Å². The number of nitrogens with zero attached hydrogens (tertiary/aromatic N) is 2. The molecule has 3 aromatic rings. The number of rotatable bonds is 6. The van der Waals surface area contributed by atoms with Crippen LogP contribution in [0.1, 0.15) is 11.1 Å². The smallest absolute Gasteiger partial charge is 0.335 e. The molecule has 0 aliphatic carbocycles. The van der Waals surface area contributed by atoms with Gasteiger partial charge in [0.1, 0.15) is 23.7 Å². The second-order valence-corrected chi connectivity index (χ2v) is 7.26. The molecule has 3 aromatic carbocycles. The van der Waals surface area contributed by atoms with Crippen molar-refractivity contribution in [2.75, 3.05) is 4.90 Å². The lowest BCUT2D eigenvalue weighted by Gasteiger charge is -2.26. The van der Waals surface area contributed by atoms with Crippen molar-refractivity contribution in [1.82, 2.24) is 5.32 Å². The SMILES string of the molecule is O=C1NC(=O)N(c2ccc(O)cc2)C(=O)/C1=C\c1cccc(OCc2ccc([N+](=O)[O-])cc2)c1. The number of nitro groups is 1. The second-order valence-electron chi connectivity index (χ2n) is 7.26. The Balaban J connectivity index is 1.53. The summed E-state index contributed by atoms with van der Waals surface area (Å²) in [6.45, 7) is 0.153. The number of phenols is 1. The zero-order chi connectivity index (χ0) is 24.2. The average Bonchev–Trinajstić information content (AvgIpc) is 2.82. The molecule has 10 nitrogen and oxygen atoms in total. The van der Waals surface area contributed by atoms with Crippen LogP contribution in [0.3, 0.4) is 0 Å². The molecule has 0 atom stereocenters. The second kappa shape index (κ2) is 9.25. The summed E-state index contributed by atoms with van der Waals surface area (Å²) >= 11 is 0. The van der Waals surface area contributed by atoms with Gasteiger partial charge in [-0.25, -0.2) is 9.69 Å². The predicted octanol–water partition coefficient (Wildman–Crippen LogP) is 3.55. The molecule has 0 aromatic heterocycles. The Bertz CT molecular complexity index is 1320. The number of carbonyl (C=O) groups is 3. The lowest BCUT2D eigenvalue weighted by Crippen LogP contribution is -2.54. The number of aromatic hydroxyl groups is 1. The molecule has 0 bridgehead atoms. The van der Waals surface area contributed by atoms with Crippen molar-refractivity contribution < 1.29 is 29.2 Å². The average molecular weight is 459 g/mol. The van der Waals surface area contributed by atoms with E-state index in [9.17, 15) is 29.6 Å². The predicted molar refractivity (Wildman–Crippen MR) is 121 cm³/mol. The molecule has 0 spiro atoms. The summed E-state index contributed by atoms with van der Waals surface area (Å²) in [4.78, 5) is 48.6. The van der Waals surface area contributed by atoms with Gasteiger partial charge in [-0.05, 0) is 65.7 Å². The van der Waals surface area contributed by atoms with Crippen molar-refractivity contribution in [3.05, 3.63) is 99.6 Å². The maximum Gasteiger partial charge on any atom is 0.335 e. The van der Waals surface area contributed by atoms with E-state index in [2.05, 4.69) is 5.32 Å². The third-order valence-corrected chi connectivity index (χ3v) is 4.93. The summed E-state index contributed by atoms with van der Waals surface area (Å²) in [5.41, 5.74) is 1.13. The number of non-ortho nitro benzene ring substituents is 1. The van der Waals surface area contributed by atoms with Crippen LogP contribution in [0.2, 0.25) is 0 Å². The van der Waals surface area contributed by atoms with Crippen LogP contribution in [0.25, 0.3) is 6.08 Å². The van der Waals surface area contributed by atoms with Crippen LogP contribution >= 0.6 is 0 Å². The number of urea groups is 1. The highest BCUT2D eigenvalue weighted by Gasteiger charge is 2.36. The fraction of sp³-hybridized carbons (Fsp3) is 0.0417. The number of nitro benzene ring substituents is 1. The highest BCUT2D eigenvalue weighted by atomic mass is 16.6. The number of hydrogen-bond donors (Lipinski definition) is 2. The number of phenolic OH excluding ortho intramolecular Hbond substituents is 1. The third-order valence-electron chi connectivity index (χ3n) is 4.93. The van der Waals surface area contributed by atoms with Gasteiger partial charge in [0.2, 0.25) is 0 Å². The van der Waals surface area contributed by atoms with Gasteiger partial charge >= 0.3 is 6.03 Å². The topological polar surface area (TPSA) is 139 Å². The molecule has 0 radical (unpaired) electrons. The number of amides is 4. The fourth-order valence-corrected chi connectivity index (χ4v) is 3.23. The van der Waals surface area contributed by atoms with Gasteiger partial charge in [0.15, 0.2) is 0 Å². The van der Waals surface area contributed by atoms with Gasteiger partial charge in [0, 0.05) is 12.1 Å². The number of nitrogens with one attached hydrogen (secondary N) is 1. The van der Waals surface area contributed by atoms with Crippen molar-refractivity contribution in [2.24, 2.45) is 0 Å². The molecule has 10 heteroatoms. The fourth-order valence-electron chi connectivity index (χ4n) is 3.23. The molecule has 0 saturated carbocycles. The summed E-state index contributed by atoms with van der Waals surface area (Å²) in [5.74, 6) is -1.23. The number of ether oxygens (including phenoxy) is 1. The Kier molecular flexibility index (Phi) is 6.04. The first-order valence-electron chi connectivity index (χ1n) is 9.98. The molecular weight excluding hydrogens is 442 g/mol. The molecular formula is C24H17N3O7. The molecule has 2 N–H and O–H groups in total. The Morgan fingerprint density at radius 2 is 1.71 bits per heavy atom. The molecule has 34 heavy (non-hydrogen) atoms. The summed E-state index contributed by atoms with van der Waals surface area (Å²) in [5, 5.41) is 22.3. The summed E-state index contributed by atoms with van der Waals surface area (Å²) in [6, 6.07) is 17.1. The first-order chi connectivity index (χ1) is 16.3. The van der Waals surface area contributed by atoms with Crippen molar-refractivity contribution >= 4 is 35.3 Å². The Morgan fingerprint density at radius 3 is 2.38 bits per heavy atom. The summed E-state index contributed by atoms with van der Waals surface area (Å²) in [7, 11) is 0. The summed E-state index contributed by atoms with van der Waals surface area (Å²) < 4.78 is 5.72. The highest BCUT2D eigenvalue weighted by Crippen LogP contribution is 2.25. The molecule has 4 amide bonds. The Morgan fingerprint density at radius 1 is 1.00 bits per heavy atom. The normalized spacial score (nSPS) is 14.8. The first kappa shape index (κ1) is 22.2. The van der Waals surface area contributed by atoms with Crippen LogP contribution in [0.15, 0.2) is 78.4 Å². The van der Waals surface area contributed by atoms with Crippen molar-refractivity contribution in [1.29, 1.82) is 0 Å². The van der Waals surface area contributed by atoms with E-state index in [1.807, 2.05) is 0 Å². The first-order valence-corrected chi connectivity index (χ1v) is 9.98. The van der Waals surface area contributed by atoms with Gasteiger partial charge in [0.05, 0.1) is 10.6 Å². The monoisotopic (exact) mass is 459 g/mol. The minimum absolute atomic E-state index is 0.0207. The third kappa shape index (κ3) is 4.75. The molecule has 1 saturated heterocycles. The quantitative estimate of drug-likeness (QED) is 0.249. The van der Waals surface area contributed by atoms with E-state index in [4.69, 9.17) is 4.74 Å². The van der Waals surface area contributed by atoms with Gasteiger partial charge in [-0.3, -0.25) is 25.0 Å². The number of benzene rings is 3. The van der Waals surface area contributed by atoms with E-state index in [-0.39, 0.29) is 29.3 Å². The van der Waals surface area contributed by atoms with E-state index in [1.165, 1.54) is 42.5 Å². The van der Waals surface area contributed by atoms with Gasteiger partial charge in [0.25, 0.3) is 17.5 Å². The zero-order valence-corrected chi connectivity index (χ0v) is 17.5. The van der Waals surface area contributed by atoms with Crippen LogP contribution in [0.4, 0.5) is 16.2 Å². The highest BCUT2D eigenvalue weighted by molar-refractivity contribution is 6.39. The van der Waals surface area contributed by atoms with E-state index in [0.29, 0.717) is 11.3 Å². The number of carbonyl (C=O) groups excluding carboxylic acids is 3. The van der Waals surface area contributed by atoms with Crippen molar-refractivity contribution in [3.8, 4) is 11.5 Å². The minimum atomic E-state index is -0.891. The van der Waals surface area contributed by atoms with E-state index in [1.54, 1.807) is 36.4 Å². The molecule has 1 heterocycles. The molecule has 1 aliphatic rings. The van der Waals surface area contributed by atoms with Crippen LogP contribution in [0.5, 0.6) is 11.5 Å². The van der Waals surface area contributed by atoms with Crippen LogP contribution < -0.4 is 15.0 Å². The van der Waals surface area contributed by atoms with Crippen LogP contribution in [-0.4, -0.2) is 27.9 Å². The van der Waals surface area contributed by atoms with Crippen LogP contribution in [0, 0.1) is 10.1 Å². The maximum atomic E-state index is 12.9. The minimum Gasteiger partial charge on any atom is -0.508 e. The molecule has 170 valence electrons. The van der Waals surface area contributed by atoms with Gasteiger partial charge in [-0.1, -0.05) is 12.1 Å². The largest absolute Gasteiger partial charge is 0.508 e. The number of hydrogen-bond acceptors (Lipinski definition) is 7. The van der Waals surface area contributed by atoms with Gasteiger partial charge in [-0.15, -0.1) is 0 Å². The van der Waals surface area contributed by atoms with E-state index >= 15 is 0 Å². The molecule has 1 aliphatic heterocycles. The lowest BCUT2D eigenvalue weighted by atomic mass is 10.1. The van der Waals surface area contributed by atoms with Crippen molar-refractivity contribution in [2.45, 2.75) is 6.61 Å². The maximum absolute atomic E-state index is 12.9. The van der Waals surface area contributed by atoms with Crippen molar-refractivity contribution in [3.63, 3.8) is 0 Å². The molecule has 4 rings (SSSR count). The zero-order valence-electron chi connectivity index (χ0n) is 17.5. The standard InChI is InChI=1S/C24H17N3O7/c28-19-10-8-17(9-11-19)26-23(30)21(22(29)25-24(26)31)13-16-2-1-3-20(12-16)34-14-15-4-6-18(7-5-15)27(32)33/h1-13,28H,14H2,(H,25,29,31)/b21-13-.